The first-order chi connectivity index (χ1) is 14.5. The van der Waals surface area contributed by atoms with Crippen LogP contribution in [0.1, 0.15) is 43.4 Å². The summed E-state index contributed by atoms with van der Waals surface area (Å²) in [5, 5.41) is 16.3. The lowest BCUT2D eigenvalue weighted by Crippen LogP contribution is -2.38. The molecule has 0 fully saturated rings. The molecule has 7 heteroatoms. The van der Waals surface area contributed by atoms with E-state index in [0.29, 0.717) is 27.9 Å². The highest BCUT2D eigenvalue weighted by atomic mass is 16.3. The van der Waals surface area contributed by atoms with Crippen LogP contribution in [0.2, 0.25) is 0 Å². The normalized spacial score (nSPS) is 17.3. The summed E-state index contributed by atoms with van der Waals surface area (Å²) in [5.41, 5.74) is 3.17. The molecular weight excluding hydrogens is 382 g/mol. The van der Waals surface area contributed by atoms with E-state index in [0.717, 1.165) is 10.5 Å². The number of hydrogen-bond donors (Lipinski definition) is 3. The van der Waals surface area contributed by atoms with Gasteiger partial charge in [-0.25, -0.2) is 4.79 Å². The van der Waals surface area contributed by atoms with E-state index < -0.39 is 17.9 Å². The number of urea groups is 1. The number of nitrogens with zero attached hydrogens (tertiary/aromatic N) is 1. The van der Waals surface area contributed by atoms with Crippen molar-refractivity contribution in [2.24, 2.45) is 0 Å². The maximum absolute atomic E-state index is 12.6. The van der Waals surface area contributed by atoms with Crippen LogP contribution in [0.25, 0.3) is 0 Å². The summed E-state index contributed by atoms with van der Waals surface area (Å²) in [5.74, 6) is -0.856. The van der Waals surface area contributed by atoms with Crippen LogP contribution in [0.4, 0.5) is 10.5 Å². The van der Waals surface area contributed by atoms with Gasteiger partial charge in [0.15, 0.2) is 0 Å². The van der Waals surface area contributed by atoms with Gasteiger partial charge in [0.25, 0.3) is 11.8 Å². The van der Waals surface area contributed by atoms with Crippen molar-refractivity contribution in [3.63, 3.8) is 0 Å². The van der Waals surface area contributed by atoms with Crippen LogP contribution in [0.15, 0.2) is 66.7 Å². The lowest BCUT2D eigenvalue weighted by atomic mass is 9.94. The predicted molar refractivity (Wildman–Crippen MR) is 109 cm³/mol. The number of benzene rings is 3. The highest BCUT2D eigenvalue weighted by Crippen LogP contribution is 2.37. The number of phenolic OH excluding ortho intramolecular Hbond substituents is 1. The zero-order valence-corrected chi connectivity index (χ0v) is 15.8. The molecule has 7 nitrogen and oxygen atoms in total. The lowest BCUT2D eigenvalue weighted by molar-refractivity contribution is 0.0641. The van der Waals surface area contributed by atoms with Gasteiger partial charge in [0.1, 0.15) is 5.75 Å². The van der Waals surface area contributed by atoms with Gasteiger partial charge in [0.05, 0.1) is 23.7 Å². The maximum atomic E-state index is 12.6. The number of hydrogen-bond acceptors (Lipinski definition) is 4. The first-order valence-corrected chi connectivity index (χ1v) is 9.46. The molecule has 5 rings (SSSR count). The Bertz CT molecular complexity index is 1170. The van der Waals surface area contributed by atoms with E-state index in [2.05, 4.69) is 10.6 Å². The molecule has 3 aromatic carbocycles. The molecule has 2 aliphatic rings. The molecule has 2 heterocycles. The number of carbonyl (C=O) groups is 3. The average molecular weight is 399 g/mol. The molecule has 3 aromatic rings. The topological polar surface area (TPSA) is 98.7 Å². The van der Waals surface area contributed by atoms with Gasteiger partial charge in [-0.15, -0.1) is 0 Å². The van der Waals surface area contributed by atoms with Gasteiger partial charge in [-0.05, 0) is 29.8 Å². The summed E-state index contributed by atoms with van der Waals surface area (Å²) < 4.78 is 0. The molecule has 1 atom stereocenters. The van der Waals surface area contributed by atoms with Gasteiger partial charge in [-0.2, -0.15) is 0 Å². The van der Waals surface area contributed by atoms with Crippen LogP contribution in [0.3, 0.4) is 0 Å². The first-order valence-electron chi connectivity index (χ1n) is 9.46. The monoisotopic (exact) mass is 399 g/mol. The SMILES string of the molecule is O=C1Nc2cc(CN3C(=O)c4ccccc4C3=O)c(O)cc2C(c2ccccc2)N1. The van der Waals surface area contributed by atoms with Crippen molar-refractivity contribution in [1.82, 2.24) is 10.2 Å². The minimum atomic E-state index is -0.422. The van der Waals surface area contributed by atoms with Gasteiger partial charge >= 0.3 is 6.03 Å². The van der Waals surface area contributed by atoms with Crippen molar-refractivity contribution >= 4 is 23.5 Å². The zero-order chi connectivity index (χ0) is 20.8. The molecule has 148 valence electrons. The Balaban J connectivity index is 1.50. The molecule has 2 aliphatic heterocycles. The Hall–Kier alpha value is -4.13. The van der Waals surface area contributed by atoms with Gasteiger partial charge in [-0.3, -0.25) is 14.5 Å². The zero-order valence-electron chi connectivity index (χ0n) is 15.8. The Morgan fingerprint density at radius 2 is 1.50 bits per heavy atom. The van der Waals surface area contributed by atoms with E-state index in [1.165, 1.54) is 0 Å². The number of fused-ring (bicyclic) bond motifs is 2. The molecule has 0 aromatic heterocycles. The highest BCUT2D eigenvalue weighted by Gasteiger charge is 2.36. The molecule has 3 N–H and O–H groups in total. The highest BCUT2D eigenvalue weighted by molar-refractivity contribution is 6.21. The lowest BCUT2D eigenvalue weighted by Gasteiger charge is -2.29. The van der Waals surface area contributed by atoms with Crippen molar-refractivity contribution < 1.29 is 19.5 Å². The standard InChI is InChI=1S/C23H17N3O4/c27-19-11-17-18(24-23(30)25-20(17)13-6-2-1-3-7-13)10-14(19)12-26-21(28)15-8-4-5-9-16(15)22(26)29/h1-11,20,27H,12H2,(H2,24,25,30). The molecule has 4 amide bonds. The van der Waals surface area contributed by atoms with E-state index in [1.807, 2.05) is 30.3 Å². The second-order valence-electron chi connectivity index (χ2n) is 7.25. The number of phenols is 1. The van der Waals surface area contributed by atoms with Crippen molar-refractivity contribution in [2.75, 3.05) is 5.32 Å². The van der Waals surface area contributed by atoms with E-state index >= 15 is 0 Å². The van der Waals surface area contributed by atoms with E-state index in [-0.39, 0.29) is 18.3 Å². The smallest absolute Gasteiger partial charge is 0.320 e. The molecule has 0 bridgehead atoms. The van der Waals surface area contributed by atoms with E-state index in [4.69, 9.17) is 0 Å². The van der Waals surface area contributed by atoms with Crippen molar-refractivity contribution in [1.29, 1.82) is 0 Å². The number of carbonyl (C=O) groups excluding carboxylic acids is 3. The third kappa shape index (κ3) is 2.79. The second-order valence-corrected chi connectivity index (χ2v) is 7.25. The molecule has 1 unspecified atom stereocenters. The van der Waals surface area contributed by atoms with Crippen LogP contribution < -0.4 is 10.6 Å². The summed E-state index contributed by atoms with van der Waals surface area (Å²) in [7, 11) is 0. The van der Waals surface area contributed by atoms with E-state index in [9.17, 15) is 19.5 Å². The molecule has 0 saturated carbocycles. The van der Waals surface area contributed by atoms with Crippen LogP contribution in [-0.4, -0.2) is 27.9 Å². The summed E-state index contributed by atoms with van der Waals surface area (Å²) in [6.45, 7) is -0.0925. The van der Waals surface area contributed by atoms with Crippen LogP contribution in [0, 0.1) is 0 Å². The van der Waals surface area contributed by atoms with Crippen LogP contribution >= 0.6 is 0 Å². The maximum Gasteiger partial charge on any atom is 0.320 e. The molecule has 0 spiro atoms. The van der Waals surface area contributed by atoms with Gasteiger partial charge in [0.2, 0.25) is 0 Å². The minimum absolute atomic E-state index is 0.0517. The Kier molecular flexibility index (Phi) is 4.03. The third-order valence-corrected chi connectivity index (χ3v) is 5.42. The Morgan fingerprint density at radius 1 is 0.867 bits per heavy atom. The minimum Gasteiger partial charge on any atom is -0.508 e. The molecule has 0 saturated heterocycles. The van der Waals surface area contributed by atoms with Crippen molar-refractivity contribution in [2.45, 2.75) is 12.6 Å². The fraction of sp³-hybridized carbons (Fsp3) is 0.0870. The number of imide groups is 1. The summed E-state index contributed by atoms with van der Waals surface area (Å²) in [6.07, 6.45) is 0. The summed E-state index contributed by atoms with van der Waals surface area (Å²) >= 11 is 0. The molecule has 0 aliphatic carbocycles. The van der Waals surface area contributed by atoms with Gasteiger partial charge in [-0.1, -0.05) is 42.5 Å². The van der Waals surface area contributed by atoms with Crippen molar-refractivity contribution in [3.05, 3.63) is 94.5 Å². The average Bonchev–Trinajstić information content (AvgIpc) is 3.00. The fourth-order valence-electron chi connectivity index (χ4n) is 3.95. The largest absolute Gasteiger partial charge is 0.508 e. The van der Waals surface area contributed by atoms with Gasteiger partial charge < -0.3 is 15.7 Å². The summed E-state index contributed by atoms with van der Waals surface area (Å²) in [4.78, 5) is 38.6. The third-order valence-electron chi connectivity index (χ3n) is 5.42. The van der Waals surface area contributed by atoms with Crippen molar-refractivity contribution in [3.8, 4) is 5.75 Å². The number of rotatable bonds is 3. The molecule has 0 radical (unpaired) electrons. The van der Waals surface area contributed by atoms with E-state index in [1.54, 1.807) is 36.4 Å². The Labute approximate surface area is 171 Å². The molecular formula is C23H17N3O4. The Morgan fingerprint density at radius 3 is 2.17 bits per heavy atom. The number of nitrogens with one attached hydrogen (secondary N) is 2. The molecule has 30 heavy (non-hydrogen) atoms. The quantitative estimate of drug-likeness (QED) is 0.464. The second kappa shape index (κ2) is 6.73. The van der Waals surface area contributed by atoms with Crippen LogP contribution in [-0.2, 0) is 6.54 Å². The fourth-order valence-corrected chi connectivity index (χ4v) is 3.95. The number of aromatic hydroxyl groups is 1. The number of amides is 4. The van der Waals surface area contributed by atoms with Gasteiger partial charge in [0, 0.05) is 16.8 Å². The summed E-state index contributed by atoms with van der Waals surface area (Å²) in [6, 6.07) is 18.4. The first kappa shape index (κ1) is 17.9. The predicted octanol–water partition coefficient (Wildman–Crippen LogP) is 3.41. The van der Waals surface area contributed by atoms with Crippen LogP contribution in [0.5, 0.6) is 5.75 Å². The number of anilines is 1.